The van der Waals surface area contributed by atoms with Gasteiger partial charge in [-0.25, -0.2) is 4.39 Å². The van der Waals surface area contributed by atoms with Crippen LogP contribution in [-0.4, -0.2) is 0 Å². The topological polar surface area (TPSA) is 23.8 Å². The van der Waals surface area contributed by atoms with Crippen LogP contribution in [0.5, 0.6) is 0 Å². The molecule has 0 aromatic heterocycles. The van der Waals surface area contributed by atoms with Crippen LogP contribution in [0.15, 0.2) is 30.3 Å². The van der Waals surface area contributed by atoms with E-state index in [9.17, 15) is 4.39 Å². The highest BCUT2D eigenvalue weighted by molar-refractivity contribution is 5.84. The molecule has 2 saturated carbocycles. The Morgan fingerprint density at radius 1 is 1.00 bits per heavy atom. The van der Waals surface area contributed by atoms with E-state index in [1.807, 2.05) is 6.07 Å². The fourth-order valence-electron chi connectivity index (χ4n) is 5.29. The normalized spacial score (nSPS) is 29.2. The molecule has 1 nitrogen and oxygen atoms in total. The Kier molecular flexibility index (Phi) is 4.50. The quantitative estimate of drug-likeness (QED) is 0.609. The van der Waals surface area contributed by atoms with E-state index in [0.717, 1.165) is 28.5 Å². The van der Waals surface area contributed by atoms with E-state index in [4.69, 9.17) is 5.26 Å². The molecule has 4 rings (SSSR count). The van der Waals surface area contributed by atoms with E-state index < -0.39 is 5.82 Å². The Morgan fingerprint density at radius 2 is 1.80 bits per heavy atom. The molecule has 0 aliphatic heterocycles. The maximum atomic E-state index is 14.0. The van der Waals surface area contributed by atoms with Gasteiger partial charge in [-0.15, -0.1) is 0 Å². The Balaban J connectivity index is 1.55. The van der Waals surface area contributed by atoms with Crippen LogP contribution in [0.3, 0.4) is 0 Å². The summed E-state index contributed by atoms with van der Waals surface area (Å²) in [5, 5.41) is 10.9. The van der Waals surface area contributed by atoms with Crippen molar-refractivity contribution in [3.63, 3.8) is 0 Å². The zero-order chi connectivity index (χ0) is 17.4. The summed E-state index contributed by atoms with van der Waals surface area (Å²) < 4.78 is 14.0. The molecule has 2 heteroatoms. The number of nitrogens with zero attached hydrogens (tertiary/aromatic N) is 1. The first-order valence-electron chi connectivity index (χ1n) is 9.81. The Hall–Kier alpha value is -1.88. The summed E-state index contributed by atoms with van der Waals surface area (Å²) in [5.41, 5.74) is 1.49. The summed E-state index contributed by atoms with van der Waals surface area (Å²) >= 11 is 0. The summed E-state index contributed by atoms with van der Waals surface area (Å²) in [4.78, 5) is 0. The molecule has 0 bridgehead atoms. The van der Waals surface area contributed by atoms with Gasteiger partial charge in [0.15, 0.2) is 0 Å². The first-order chi connectivity index (χ1) is 12.2. The SMILES string of the molecule is CC[C@@H]1CC[C@@H]2CC(c3ccc4cc(C#N)c(F)cc4c3)CCC2C1. The third-order valence-corrected chi connectivity index (χ3v) is 6.84. The van der Waals surface area contributed by atoms with Crippen LogP contribution >= 0.6 is 0 Å². The summed E-state index contributed by atoms with van der Waals surface area (Å²) in [5.74, 6) is 2.98. The molecule has 0 radical (unpaired) electrons. The van der Waals surface area contributed by atoms with Crippen LogP contribution in [0.4, 0.5) is 4.39 Å². The van der Waals surface area contributed by atoms with Crippen molar-refractivity contribution in [1.29, 1.82) is 5.26 Å². The smallest absolute Gasteiger partial charge is 0.141 e. The van der Waals surface area contributed by atoms with Crippen molar-refractivity contribution in [2.45, 2.75) is 57.8 Å². The zero-order valence-corrected chi connectivity index (χ0v) is 15.0. The Bertz CT molecular complexity index is 819. The number of benzene rings is 2. The highest BCUT2D eigenvalue weighted by Gasteiger charge is 2.35. The molecule has 2 aliphatic carbocycles. The molecule has 0 heterocycles. The van der Waals surface area contributed by atoms with E-state index in [-0.39, 0.29) is 5.56 Å². The van der Waals surface area contributed by atoms with Crippen molar-refractivity contribution in [3.05, 3.63) is 47.3 Å². The summed E-state index contributed by atoms with van der Waals surface area (Å²) in [7, 11) is 0. The van der Waals surface area contributed by atoms with Gasteiger partial charge in [0.25, 0.3) is 0 Å². The minimum Gasteiger partial charge on any atom is -0.206 e. The first kappa shape index (κ1) is 16.6. The second-order valence-electron chi connectivity index (χ2n) is 8.17. The monoisotopic (exact) mass is 335 g/mol. The predicted octanol–water partition coefficient (Wildman–Crippen LogP) is 6.56. The maximum Gasteiger partial charge on any atom is 0.141 e. The molecule has 2 aromatic carbocycles. The average molecular weight is 335 g/mol. The van der Waals surface area contributed by atoms with Gasteiger partial charge in [-0.05, 0) is 84.2 Å². The van der Waals surface area contributed by atoms with Gasteiger partial charge in [0.1, 0.15) is 11.9 Å². The summed E-state index contributed by atoms with van der Waals surface area (Å²) in [6, 6.07) is 11.5. The third kappa shape index (κ3) is 3.17. The van der Waals surface area contributed by atoms with Crippen LogP contribution in [0, 0.1) is 34.9 Å². The van der Waals surface area contributed by atoms with E-state index >= 15 is 0 Å². The minimum absolute atomic E-state index is 0.133. The molecular weight excluding hydrogens is 309 g/mol. The molecule has 130 valence electrons. The van der Waals surface area contributed by atoms with Crippen LogP contribution in [0.25, 0.3) is 10.8 Å². The van der Waals surface area contributed by atoms with Crippen molar-refractivity contribution >= 4 is 10.8 Å². The van der Waals surface area contributed by atoms with E-state index in [2.05, 4.69) is 25.1 Å². The second kappa shape index (κ2) is 6.79. The van der Waals surface area contributed by atoms with Crippen molar-refractivity contribution in [2.24, 2.45) is 17.8 Å². The molecule has 2 aliphatic rings. The Labute approximate surface area is 149 Å². The third-order valence-electron chi connectivity index (χ3n) is 6.84. The van der Waals surface area contributed by atoms with Gasteiger partial charge in [-0.3, -0.25) is 0 Å². The van der Waals surface area contributed by atoms with Crippen LogP contribution in [0.2, 0.25) is 0 Å². The lowest BCUT2D eigenvalue weighted by Crippen LogP contribution is -2.30. The fourth-order valence-corrected chi connectivity index (χ4v) is 5.29. The second-order valence-corrected chi connectivity index (χ2v) is 8.17. The summed E-state index contributed by atoms with van der Waals surface area (Å²) in [6.45, 7) is 2.34. The number of hydrogen-bond acceptors (Lipinski definition) is 1. The highest BCUT2D eigenvalue weighted by Crippen LogP contribution is 2.48. The maximum absolute atomic E-state index is 14.0. The average Bonchev–Trinajstić information content (AvgIpc) is 2.66. The van der Waals surface area contributed by atoms with Crippen LogP contribution < -0.4 is 0 Å². The van der Waals surface area contributed by atoms with Gasteiger partial charge in [0, 0.05) is 0 Å². The van der Waals surface area contributed by atoms with Crippen molar-refractivity contribution in [2.75, 3.05) is 0 Å². The molecule has 0 spiro atoms. The Morgan fingerprint density at radius 3 is 2.60 bits per heavy atom. The van der Waals surface area contributed by atoms with Crippen molar-refractivity contribution < 1.29 is 4.39 Å². The number of fused-ring (bicyclic) bond motifs is 2. The van der Waals surface area contributed by atoms with Gasteiger partial charge in [0.2, 0.25) is 0 Å². The largest absolute Gasteiger partial charge is 0.206 e. The lowest BCUT2D eigenvalue weighted by atomic mass is 9.63. The number of rotatable bonds is 2. The van der Waals surface area contributed by atoms with E-state index in [1.54, 1.807) is 6.07 Å². The van der Waals surface area contributed by atoms with Gasteiger partial charge < -0.3 is 0 Å². The van der Waals surface area contributed by atoms with Gasteiger partial charge in [-0.1, -0.05) is 38.0 Å². The molecular formula is C23H26FN. The first-order valence-corrected chi connectivity index (χ1v) is 9.81. The highest BCUT2D eigenvalue weighted by atomic mass is 19.1. The molecule has 25 heavy (non-hydrogen) atoms. The van der Waals surface area contributed by atoms with Crippen LogP contribution in [0.1, 0.15) is 68.9 Å². The zero-order valence-electron chi connectivity index (χ0n) is 15.0. The fraction of sp³-hybridized carbons (Fsp3) is 0.522. The number of hydrogen-bond donors (Lipinski definition) is 0. The minimum atomic E-state index is -0.409. The van der Waals surface area contributed by atoms with Gasteiger partial charge in [-0.2, -0.15) is 5.26 Å². The molecule has 0 amide bonds. The van der Waals surface area contributed by atoms with Crippen LogP contribution in [-0.2, 0) is 0 Å². The number of halogens is 1. The lowest BCUT2D eigenvalue weighted by molar-refractivity contribution is 0.116. The molecule has 0 N–H and O–H groups in total. The predicted molar refractivity (Wildman–Crippen MR) is 99.8 cm³/mol. The van der Waals surface area contributed by atoms with E-state index in [1.165, 1.54) is 56.6 Å². The van der Waals surface area contributed by atoms with Crippen molar-refractivity contribution in [3.8, 4) is 6.07 Å². The van der Waals surface area contributed by atoms with Crippen molar-refractivity contribution in [1.82, 2.24) is 0 Å². The van der Waals surface area contributed by atoms with E-state index in [0.29, 0.717) is 5.92 Å². The molecule has 2 fully saturated rings. The van der Waals surface area contributed by atoms with Gasteiger partial charge in [0.05, 0.1) is 5.56 Å². The molecule has 2 unspecified atom stereocenters. The summed E-state index contributed by atoms with van der Waals surface area (Å²) in [6.07, 6.45) is 9.50. The standard InChI is InChI=1S/C23H26FN/c1-2-15-3-4-17-10-18(6-5-16(17)9-15)19-7-8-20-12-22(14-25)23(24)13-21(20)11-19/h7-8,11-13,15-18H,2-6,9-10H2,1H3/t15-,16?,17-,18?/m1/s1. The molecule has 4 atom stereocenters. The number of nitriles is 1. The molecule has 0 saturated heterocycles. The lowest BCUT2D eigenvalue weighted by Gasteiger charge is -2.42. The molecule has 2 aromatic rings. The van der Waals surface area contributed by atoms with Gasteiger partial charge >= 0.3 is 0 Å².